The van der Waals surface area contributed by atoms with E-state index in [-0.39, 0.29) is 11.6 Å². The van der Waals surface area contributed by atoms with E-state index in [9.17, 15) is 14.0 Å². The van der Waals surface area contributed by atoms with Gasteiger partial charge in [0.25, 0.3) is 5.91 Å². The third-order valence-electron chi connectivity index (χ3n) is 4.27. The predicted octanol–water partition coefficient (Wildman–Crippen LogP) is 4.28. The van der Waals surface area contributed by atoms with Gasteiger partial charge in [0, 0.05) is 0 Å². The molecule has 0 heterocycles. The highest BCUT2D eigenvalue weighted by Crippen LogP contribution is 2.22. The fourth-order valence-corrected chi connectivity index (χ4v) is 2.81. The van der Waals surface area contributed by atoms with Crippen LogP contribution in [0.25, 0.3) is 0 Å². The molecule has 0 aliphatic rings. The third-order valence-corrected chi connectivity index (χ3v) is 4.27. The molecule has 1 N–H and O–H groups in total. The van der Waals surface area contributed by atoms with Gasteiger partial charge in [-0.1, -0.05) is 66.7 Å². The molecule has 28 heavy (non-hydrogen) atoms. The van der Waals surface area contributed by atoms with Crippen molar-refractivity contribution < 1.29 is 18.7 Å². The average Bonchev–Trinajstić information content (AvgIpc) is 2.73. The van der Waals surface area contributed by atoms with Gasteiger partial charge in [-0.3, -0.25) is 4.79 Å². The SMILES string of the molecule is C[C@@H](OC(=O)c1cccc(F)c1)C(=O)NC(c1ccccc1)c1ccccc1. The summed E-state index contributed by atoms with van der Waals surface area (Å²) in [7, 11) is 0. The van der Waals surface area contributed by atoms with Crippen molar-refractivity contribution >= 4 is 11.9 Å². The maximum absolute atomic E-state index is 13.3. The number of ether oxygens (including phenoxy) is 1. The highest BCUT2D eigenvalue weighted by Gasteiger charge is 2.23. The van der Waals surface area contributed by atoms with Crippen LogP contribution in [0.2, 0.25) is 0 Å². The Bertz CT molecular complexity index is 905. The summed E-state index contributed by atoms with van der Waals surface area (Å²) in [5, 5.41) is 2.93. The lowest BCUT2D eigenvalue weighted by atomic mass is 9.98. The molecule has 0 spiro atoms. The monoisotopic (exact) mass is 377 g/mol. The molecule has 4 nitrogen and oxygen atoms in total. The predicted molar refractivity (Wildman–Crippen MR) is 104 cm³/mol. The molecule has 0 aliphatic carbocycles. The Labute approximate surface area is 163 Å². The Hall–Kier alpha value is -3.47. The molecule has 1 amide bonds. The number of carbonyl (C=O) groups is 2. The summed E-state index contributed by atoms with van der Waals surface area (Å²) in [4.78, 5) is 24.8. The standard InChI is InChI=1S/C23H20FNO3/c1-16(28-23(27)19-13-8-14-20(24)15-19)22(26)25-21(17-9-4-2-5-10-17)18-11-6-3-7-12-18/h2-16,21H,1H3,(H,25,26)/t16-/m1/s1. The molecule has 0 aliphatic heterocycles. The van der Waals surface area contributed by atoms with E-state index in [4.69, 9.17) is 4.74 Å². The topological polar surface area (TPSA) is 55.4 Å². The fraction of sp³-hybridized carbons (Fsp3) is 0.130. The second-order valence-corrected chi connectivity index (χ2v) is 6.32. The molecule has 3 aromatic carbocycles. The van der Waals surface area contributed by atoms with E-state index >= 15 is 0 Å². The molecule has 142 valence electrons. The van der Waals surface area contributed by atoms with Crippen molar-refractivity contribution in [2.45, 2.75) is 19.1 Å². The number of carbonyl (C=O) groups excluding carboxylic acids is 2. The van der Waals surface area contributed by atoms with E-state index in [1.807, 2.05) is 60.7 Å². The summed E-state index contributed by atoms with van der Waals surface area (Å²) >= 11 is 0. The van der Waals surface area contributed by atoms with Crippen molar-refractivity contribution in [2.75, 3.05) is 0 Å². The second-order valence-electron chi connectivity index (χ2n) is 6.32. The number of hydrogen-bond acceptors (Lipinski definition) is 3. The molecule has 3 aromatic rings. The zero-order valence-corrected chi connectivity index (χ0v) is 15.3. The summed E-state index contributed by atoms with van der Waals surface area (Å²) in [6, 6.07) is 23.8. The molecular weight excluding hydrogens is 357 g/mol. The van der Waals surface area contributed by atoms with Crippen LogP contribution in [0.3, 0.4) is 0 Å². The van der Waals surface area contributed by atoms with Gasteiger partial charge in [-0.15, -0.1) is 0 Å². The highest BCUT2D eigenvalue weighted by atomic mass is 19.1. The third kappa shape index (κ3) is 4.82. The molecule has 0 radical (unpaired) electrons. The van der Waals surface area contributed by atoms with Gasteiger partial charge in [-0.2, -0.15) is 0 Å². The van der Waals surface area contributed by atoms with Crippen LogP contribution in [0.5, 0.6) is 0 Å². The molecule has 5 heteroatoms. The summed E-state index contributed by atoms with van der Waals surface area (Å²) in [6.45, 7) is 1.49. The molecule has 0 saturated carbocycles. The van der Waals surface area contributed by atoms with Crippen LogP contribution >= 0.6 is 0 Å². The first kappa shape index (κ1) is 19.3. The van der Waals surface area contributed by atoms with Gasteiger partial charge in [-0.25, -0.2) is 9.18 Å². The van der Waals surface area contributed by atoms with Gasteiger partial charge in [0.2, 0.25) is 0 Å². The Morgan fingerprint density at radius 2 is 1.43 bits per heavy atom. The van der Waals surface area contributed by atoms with Crippen LogP contribution in [0, 0.1) is 5.82 Å². The zero-order chi connectivity index (χ0) is 19.9. The van der Waals surface area contributed by atoms with E-state index in [1.165, 1.54) is 25.1 Å². The molecule has 1 atom stereocenters. The first-order valence-corrected chi connectivity index (χ1v) is 8.91. The fourth-order valence-electron chi connectivity index (χ4n) is 2.81. The van der Waals surface area contributed by atoms with Crippen molar-refractivity contribution in [3.8, 4) is 0 Å². The van der Waals surface area contributed by atoms with Gasteiger partial charge in [0.05, 0.1) is 11.6 Å². The number of amides is 1. The molecule has 0 bridgehead atoms. The lowest BCUT2D eigenvalue weighted by Gasteiger charge is -2.22. The van der Waals surface area contributed by atoms with E-state index in [0.29, 0.717) is 0 Å². The maximum Gasteiger partial charge on any atom is 0.339 e. The first-order valence-electron chi connectivity index (χ1n) is 8.91. The molecule has 3 rings (SSSR count). The minimum absolute atomic E-state index is 0.0577. The quantitative estimate of drug-likeness (QED) is 0.653. The van der Waals surface area contributed by atoms with Crippen molar-refractivity contribution in [3.05, 3.63) is 107 Å². The number of halogens is 1. The summed E-state index contributed by atoms with van der Waals surface area (Å²) < 4.78 is 18.5. The van der Waals surface area contributed by atoms with Crippen LogP contribution in [0.1, 0.15) is 34.5 Å². The van der Waals surface area contributed by atoms with Crippen molar-refractivity contribution in [3.63, 3.8) is 0 Å². The number of benzene rings is 3. The number of hydrogen-bond donors (Lipinski definition) is 1. The Morgan fingerprint density at radius 1 is 0.857 bits per heavy atom. The normalized spacial score (nSPS) is 11.7. The Morgan fingerprint density at radius 3 is 1.96 bits per heavy atom. The summed E-state index contributed by atoms with van der Waals surface area (Å²) in [5.74, 6) is -1.74. The van der Waals surface area contributed by atoms with Gasteiger partial charge in [-0.05, 0) is 36.2 Å². The number of nitrogens with one attached hydrogen (secondary N) is 1. The van der Waals surface area contributed by atoms with Gasteiger partial charge < -0.3 is 10.1 Å². The lowest BCUT2D eigenvalue weighted by molar-refractivity contribution is -0.129. The van der Waals surface area contributed by atoms with Crippen LogP contribution in [-0.4, -0.2) is 18.0 Å². The van der Waals surface area contributed by atoms with Crippen LogP contribution < -0.4 is 5.32 Å². The van der Waals surface area contributed by atoms with E-state index in [0.717, 1.165) is 17.2 Å². The molecule has 0 unspecified atom stereocenters. The summed E-state index contributed by atoms with van der Waals surface area (Å²) in [5.41, 5.74) is 1.87. The molecular formula is C23H20FNO3. The van der Waals surface area contributed by atoms with Crippen molar-refractivity contribution in [1.29, 1.82) is 0 Å². The van der Waals surface area contributed by atoms with E-state index in [2.05, 4.69) is 5.32 Å². The minimum Gasteiger partial charge on any atom is -0.449 e. The van der Waals surface area contributed by atoms with Gasteiger partial charge in [0.1, 0.15) is 5.82 Å². The first-order chi connectivity index (χ1) is 13.5. The Kier molecular flexibility index (Phi) is 6.17. The lowest BCUT2D eigenvalue weighted by Crippen LogP contribution is -2.38. The van der Waals surface area contributed by atoms with Gasteiger partial charge in [0.15, 0.2) is 6.10 Å². The zero-order valence-electron chi connectivity index (χ0n) is 15.3. The summed E-state index contributed by atoms with van der Waals surface area (Å²) in [6.07, 6.45) is -1.04. The smallest absolute Gasteiger partial charge is 0.339 e. The van der Waals surface area contributed by atoms with Crippen LogP contribution in [-0.2, 0) is 9.53 Å². The highest BCUT2D eigenvalue weighted by molar-refractivity contribution is 5.92. The van der Waals surface area contributed by atoms with Gasteiger partial charge >= 0.3 is 5.97 Å². The largest absolute Gasteiger partial charge is 0.449 e. The maximum atomic E-state index is 13.3. The van der Waals surface area contributed by atoms with E-state index < -0.39 is 23.8 Å². The van der Waals surface area contributed by atoms with Crippen LogP contribution in [0.4, 0.5) is 4.39 Å². The molecule has 0 saturated heterocycles. The molecule has 0 fully saturated rings. The number of esters is 1. The van der Waals surface area contributed by atoms with Crippen LogP contribution in [0.15, 0.2) is 84.9 Å². The average molecular weight is 377 g/mol. The van der Waals surface area contributed by atoms with Crippen molar-refractivity contribution in [1.82, 2.24) is 5.32 Å². The Balaban J connectivity index is 1.73. The second kappa shape index (κ2) is 8.95. The molecule has 0 aromatic heterocycles. The number of rotatable bonds is 6. The van der Waals surface area contributed by atoms with E-state index in [1.54, 1.807) is 0 Å². The minimum atomic E-state index is -1.04. The van der Waals surface area contributed by atoms with Crippen molar-refractivity contribution in [2.24, 2.45) is 0 Å².